The van der Waals surface area contributed by atoms with Gasteiger partial charge in [0.05, 0.1) is 11.1 Å². The maximum atomic E-state index is 12.4. The molecular weight excluding hydrogens is 360 g/mol. The molecule has 0 saturated carbocycles. The van der Waals surface area contributed by atoms with Crippen LogP contribution in [-0.2, 0) is 6.54 Å². The first kappa shape index (κ1) is 18.3. The molecule has 0 unspecified atom stereocenters. The number of para-hydroxylation sites is 1. The Kier molecular flexibility index (Phi) is 5.02. The Morgan fingerprint density at radius 3 is 2.56 bits per heavy atom. The van der Waals surface area contributed by atoms with Crippen LogP contribution in [-0.4, -0.2) is 36.4 Å². The zero-order valence-corrected chi connectivity index (χ0v) is 14.2. The van der Waals surface area contributed by atoms with Crippen LogP contribution >= 0.6 is 0 Å². The van der Waals surface area contributed by atoms with Crippen molar-refractivity contribution < 1.29 is 27.9 Å². The number of nitrogens with zero attached hydrogens (tertiary/aromatic N) is 1. The summed E-state index contributed by atoms with van der Waals surface area (Å²) in [6, 6.07) is 9.86. The largest absolute Gasteiger partial charge is 0.434 e. The van der Waals surface area contributed by atoms with Gasteiger partial charge in [-0.05, 0) is 24.3 Å². The first-order valence-corrected chi connectivity index (χ1v) is 7.91. The number of hydrogen-bond acceptors (Lipinski definition) is 4. The molecule has 0 bridgehead atoms. The number of nitrogens with one attached hydrogen (secondary N) is 2. The summed E-state index contributed by atoms with van der Waals surface area (Å²) in [6.07, 6.45) is 0. The number of urea groups is 1. The predicted molar refractivity (Wildman–Crippen MR) is 91.8 cm³/mol. The maximum absolute atomic E-state index is 12.4. The molecule has 1 aliphatic rings. The van der Waals surface area contributed by atoms with Gasteiger partial charge < -0.3 is 15.4 Å². The van der Waals surface area contributed by atoms with Crippen molar-refractivity contribution in [2.45, 2.75) is 13.2 Å². The second kappa shape index (κ2) is 7.40. The number of carbonyl (C=O) groups excluding carboxylic acids is 3. The van der Waals surface area contributed by atoms with Gasteiger partial charge in [0.1, 0.15) is 5.75 Å². The van der Waals surface area contributed by atoms with Gasteiger partial charge in [-0.3, -0.25) is 14.5 Å². The number of alkyl halides is 2. The second-order valence-corrected chi connectivity index (χ2v) is 5.72. The van der Waals surface area contributed by atoms with Gasteiger partial charge in [-0.2, -0.15) is 8.78 Å². The van der Waals surface area contributed by atoms with E-state index in [0.29, 0.717) is 11.3 Å². The molecule has 0 atom stereocenters. The number of benzene rings is 2. The highest BCUT2D eigenvalue weighted by Gasteiger charge is 2.32. The van der Waals surface area contributed by atoms with Gasteiger partial charge in [-0.1, -0.05) is 18.2 Å². The molecular formula is C18H15F2N3O4. The Morgan fingerprint density at radius 1 is 1.11 bits per heavy atom. The van der Waals surface area contributed by atoms with E-state index in [4.69, 9.17) is 0 Å². The highest BCUT2D eigenvalue weighted by Crippen LogP contribution is 2.25. The van der Waals surface area contributed by atoms with Crippen LogP contribution in [0.25, 0.3) is 0 Å². The van der Waals surface area contributed by atoms with E-state index in [1.807, 2.05) is 0 Å². The van der Waals surface area contributed by atoms with Crippen LogP contribution in [0.15, 0.2) is 42.5 Å². The minimum absolute atomic E-state index is 0.0301. The van der Waals surface area contributed by atoms with Crippen LogP contribution < -0.4 is 15.4 Å². The van der Waals surface area contributed by atoms with Crippen molar-refractivity contribution in [3.05, 3.63) is 59.2 Å². The number of carbonyl (C=O) groups is 3. The van der Waals surface area contributed by atoms with E-state index in [0.717, 1.165) is 4.90 Å². The molecule has 2 aromatic rings. The molecule has 0 saturated heterocycles. The van der Waals surface area contributed by atoms with Crippen molar-refractivity contribution in [1.82, 2.24) is 10.2 Å². The first-order valence-electron chi connectivity index (χ1n) is 7.91. The minimum atomic E-state index is -2.97. The van der Waals surface area contributed by atoms with Crippen LogP contribution in [0.1, 0.15) is 26.3 Å². The van der Waals surface area contributed by atoms with Gasteiger partial charge in [-0.15, -0.1) is 0 Å². The van der Waals surface area contributed by atoms with Crippen molar-refractivity contribution in [2.24, 2.45) is 0 Å². The number of rotatable bonds is 5. The molecule has 0 aromatic heterocycles. The van der Waals surface area contributed by atoms with Crippen LogP contribution in [0.5, 0.6) is 5.75 Å². The maximum Gasteiger partial charge on any atom is 0.387 e. The van der Waals surface area contributed by atoms with Gasteiger partial charge in [0, 0.05) is 24.8 Å². The predicted octanol–water partition coefficient (Wildman–Crippen LogP) is 2.84. The third kappa shape index (κ3) is 3.86. The van der Waals surface area contributed by atoms with Crippen LogP contribution in [0.2, 0.25) is 0 Å². The van der Waals surface area contributed by atoms with E-state index in [9.17, 15) is 23.2 Å². The third-order valence-corrected chi connectivity index (χ3v) is 3.98. The van der Waals surface area contributed by atoms with Crippen LogP contribution in [0.3, 0.4) is 0 Å². The lowest BCUT2D eigenvalue weighted by molar-refractivity contribution is -0.0504. The van der Waals surface area contributed by atoms with Crippen LogP contribution in [0, 0.1) is 0 Å². The van der Waals surface area contributed by atoms with Gasteiger partial charge in [0.2, 0.25) is 0 Å². The molecule has 0 aliphatic carbocycles. The van der Waals surface area contributed by atoms with Gasteiger partial charge >= 0.3 is 12.6 Å². The molecule has 140 valence electrons. The summed E-state index contributed by atoms with van der Waals surface area (Å²) < 4.78 is 29.2. The van der Waals surface area contributed by atoms with E-state index < -0.39 is 24.5 Å². The summed E-state index contributed by atoms with van der Waals surface area (Å²) in [4.78, 5) is 36.9. The number of amides is 4. The van der Waals surface area contributed by atoms with Crippen molar-refractivity contribution in [2.75, 3.05) is 12.4 Å². The van der Waals surface area contributed by atoms with E-state index in [1.165, 1.54) is 31.3 Å². The Bertz CT molecular complexity index is 917. The normalized spacial score (nSPS) is 13.0. The molecule has 9 heteroatoms. The van der Waals surface area contributed by atoms with Crippen molar-refractivity contribution in [3.8, 4) is 5.75 Å². The SMILES string of the molecule is CN1C(=O)c2ccc(NC(=O)NCc3ccccc3OC(F)F)cc2C1=O. The van der Waals surface area contributed by atoms with Gasteiger partial charge in [-0.25, -0.2) is 4.79 Å². The standard InChI is InChI=1S/C18H15F2N3O4/c1-23-15(24)12-7-6-11(8-13(12)16(23)25)22-18(26)21-9-10-4-2-3-5-14(10)27-17(19)20/h2-8,17H,9H2,1H3,(H2,21,22,26). The molecule has 3 rings (SSSR count). The second-order valence-electron chi connectivity index (χ2n) is 5.72. The van der Waals surface area contributed by atoms with Crippen LogP contribution in [0.4, 0.5) is 19.3 Å². The Balaban J connectivity index is 1.65. The smallest absolute Gasteiger partial charge is 0.387 e. The molecule has 1 aliphatic heterocycles. The molecule has 27 heavy (non-hydrogen) atoms. The quantitative estimate of drug-likeness (QED) is 0.787. The molecule has 1 heterocycles. The molecule has 0 radical (unpaired) electrons. The highest BCUT2D eigenvalue weighted by molar-refractivity contribution is 6.21. The number of fused-ring (bicyclic) bond motifs is 1. The number of imide groups is 1. The molecule has 2 aromatic carbocycles. The van der Waals surface area contributed by atoms with Crippen molar-refractivity contribution >= 4 is 23.5 Å². The summed E-state index contributed by atoms with van der Waals surface area (Å²) >= 11 is 0. The fourth-order valence-electron chi connectivity index (χ4n) is 2.65. The summed E-state index contributed by atoms with van der Waals surface area (Å²) in [6.45, 7) is -3.01. The lowest BCUT2D eigenvalue weighted by Crippen LogP contribution is -2.28. The van der Waals surface area contributed by atoms with E-state index in [2.05, 4.69) is 15.4 Å². The number of hydrogen-bond donors (Lipinski definition) is 2. The minimum Gasteiger partial charge on any atom is -0.434 e. The Hall–Kier alpha value is -3.49. The molecule has 4 amide bonds. The Labute approximate surface area is 152 Å². The van der Waals surface area contributed by atoms with Gasteiger partial charge in [0.15, 0.2) is 0 Å². The zero-order chi connectivity index (χ0) is 19.6. The zero-order valence-electron chi connectivity index (χ0n) is 14.2. The average Bonchev–Trinajstić information content (AvgIpc) is 2.85. The van der Waals surface area contributed by atoms with Crippen molar-refractivity contribution in [3.63, 3.8) is 0 Å². The molecule has 2 N–H and O–H groups in total. The lowest BCUT2D eigenvalue weighted by atomic mass is 10.1. The lowest BCUT2D eigenvalue weighted by Gasteiger charge is -2.12. The summed E-state index contributed by atoms with van der Waals surface area (Å²) in [5, 5.41) is 5.05. The fraction of sp³-hybridized carbons (Fsp3) is 0.167. The summed E-state index contributed by atoms with van der Waals surface area (Å²) in [5.74, 6) is -0.878. The molecule has 0 fully saturated rings. The van der Waals surface area contributed by atoms with E-state index in [-0.39, 0.29) is 23.4 Å². The van der Waals surface area contributed by atoms with E-state index in [1.54, 1.807) is 18.2 Å². The monoisotopic (exact) mass is 375 g/mol. The number of anilines is 1. The van der Waals surface area contributed by atoms with Gasteiger partial charge in [0.25, 0.3) is 11.8 Å². The van der Waals surface area contributed by atoms with Crippen molar-refractivity contribution in [1.29, 1.82) is 0 Å². The average molecular weight is 375 g/mol. The number of halogens is 2. The topological polar surface area (TPSA) is 87.7 Å². The molecule has 7 nitrogen and oxygen atoms in total. The Morgan fingerprint density at radius 2 is 1.81 bits per heavy atom. The highest BCUT2D eigenvalue weighted by atomic mass is 19.3. The summed E-state index contributed by atoms with van der Waals surface area (Å²) in [5.41, 5.74) is 1.17. The third-order valence-electron chi connectivity index (χ3n) is 3.98. The fourth-order valence-corrected chi connectivity index (χ4v) is 2.65. The first-order chi connectivity index (χ1) is 12.9. The number of ether oxygens (including phenoxy) is 1. The molecule has 0 spiro atoms. The van der Waals surface area contributed by atoms with E-state index >= 15 is 0 Å². The summed E-state index contributed by atoms with van der Waals surface area (Å²) in [7, 11) is 1.38.